The van der Waals surface area contributed by atoms with Gasteiger partial charge in [-0.2, -0.15) is 0 Å². The Labute approximate surface area is 194 Å². The molecule has 5 aromatic rings. The van der Waals surface area contributed by atoms with Gasteiger partial charge in [0.2, 0.25) is 0 Å². The van der Waals surface area contributed by atoms with Crippen molar-refractivity contribution in [2.24, 2.45) is 0 Å². The van der Waals surface area contributed by atoms with Crippen LogP contribution in [0.5, 0.6) is 5.75 Å². The van der Waals surface area contributed by atoms with Crippen LogP contribution >= 0.6 is 0 Å². The maximum absolute atomic E-state index is 13.0. The maximum Gasteiger partial charge on any atom is 0.420 e. The third-order valence-corrected chi connectivity index (χ3v) is 5.99. The summed E-state index contributed by atoms with van der Waals surface area (Å²) in [5.41, 5.74) is 4.58. The monoisotopic (exact) mass is 457 g/mol. The van der Waals surface area contributed by atoms with E-state index < -0.39 is 5.76 Å². The number of benzene rings is 2. The van der Waals surface area contributed by atoms with Gasteiger partial charge in [-0.1, -0.05) is 42.4 Å². The fourth-order valence-electron chi connectivity index (χ4n) is 4.35. The van der Waals surface area contributed by atoms with Crippen molar-refractivity contribution in [2.75, 3.05) is 7.11 Å². The minimum absolute atomic E-state index is 0.142. The molecular weight excluding hydrogens is 434 g/mol. The van der Waals surface area contributed by atoms with Crippen LogP contribution in [-0.4, -0.2) is 27.6 Å². The van der Waals surface area contributed by atoms with Gasteiger partial charge in [0.05, 0.1) is 30.4 Å². The van der Waals surface area contributed by atoms with Crippen LogP contribution in [0.1, 0.15) is 40.9 Å². The van der Waals surface area contributed by atoms with Crippen LogP contribution in [0.4, 0.5) is 0 Å². The van der Waals surface area contributed by atoms with Crippen LogP contribution in [0, 0.1) is 13.8 Å². The lowest BCUT2D eigenvalue weighted by Crippen LogP contribution is -2.15. The van der Waals surface area contributed by atoms with Crippen molar-refractivity contribution in [2.45, 2.75) is 33.7 Å². The zero-order valence-electron chi connectivity index (χ0n) is 19.3. The molecule has 8 heteroatoms. The second-order valence-electron chi connectivity index (χ2n) is 8.12. The zero-order chi connectivity index (χ0) is 24.0. The molecule has 0 aliphatic heterocycles. The summed E-state index contributed by atoms with van der Waals surface area (Å²) in [6, 6.07) is 13.3. The summed E-state index contributed by atoms with van der Waals surface area (Å²) in [4.78, 5) is 30.4. The number of aromatic nitrogens is 3. The van der Waals surface area contributed by atoms with Crippen molar-refractivity contribution < 1.29 is 18.5 Å². The smallest absolute Gasteiger partial charge is 0.420 e. The van der Waals surface area contributed by atoms with Crippen LogP contribution in [0.25, 0.3) is 33.1 Å². The molecule has 0 aliphatic rings. The van der Waals surface area contributed by atoms with Crippen LogP contribution < -0.4 is 10.5 Å². The first-order chi connectivity index (χ1) is 16.4. The molecule has 0 N–H and O–H groups in total. The molecule has 8 nitrogen and oxygen atoms in total. The van der Waals surface area contributed by atoms with Crippen LogP contribution in [0.3, 0.4) is 0 Å². The fourth-order valence-corrected chi connectivity index (χ4v) is 4.35. The van der Waals surface area contributed by atoms with E-state index in [9.17, 15) is 9.59 Å². The van der Waals surface area contributed by atoms with E-state index in [4.69, 9.17) is 13.7 Å². The molecule has 0 atom stereocenters. The molecule has 34 heavy (non-hydrogen) atoms. The lowest BCUT2D eigenvalue weighted by molar-refractivity contribution is 0.0984. The Hall–Kier alpha value is -4.20. The third kappa shape index (κ3) is 3.39. The number of pyridine rings is 1. The number of hydrogen-bond acceptors (Lipinski definition) is 7. The number of rotatable bonds is 6. The fraction of sp³-hybridized carbons (Fsp3) is 0.231. The number of aryl methyl sites for hydroxylation is 2. The van der Waals surface area contributed by atoms with E-state index in [1.54, 1.807) is 14.0 Å². The Balaban J connectivity index is 1.88. The summed E-state index contributed by atoms with van der Waals surface area (Å²) in [5.74, 6) is 0.458. The Morgan fingerprint density at radius 2 is 1.91 bits per heavy atom. The second kappa shape index (κ2) is 8.30. The number of hydrogen-bond donors (Lipinski definition) is 0. The highest BCUT2D eigenvalue weighted by Gasteiger charge is 2.24. The Morgan fingerprint density at radius 1 is 1.15 bits per heavy atom. The van der Waals surface area contributed by atoms with Crippen molar-refractivity contribution in [3.63, 3.8) is 0 Å². The van der Waals surface area contributed by atoms with Crippen molar-refractivity contribution in [3.05, 3.63) is 75.7 Å². The predicted molar refractivity (Wildman–Crippen MR) is 127 cm³/mol. The Morgan fingerprint density at radius 3 is 2.56 bits per heavy atom. The molecule has 0 saturated carbocycles. The topological polar surface area (TPSA) is 100 Å². The second-order valence-corrected chi connectivity index (χ2v) is 8.12. The van der Waals surface area contributed by atoms with Crippen LogP contribution in [0.2, 0.25) is 0 Å². The number of oxazole rings is 1. The molecule has 0 radical (unpaired) electrons. The molecule has 172 valence electrons. The number of methoxy groups -OCH3 is 1. The maximum atomic E-state index is 13.0. The molecular formula is C26H23N3O5. The number of carbonyl (C=O) groups excluding carboxylic acids is 1. The van der Waals surface area contributed by atoms with E-state index in [-0.39, 0.29) is 23.5 Å². The number of fused-ring (bicyclic) bond motifs is 3. The van der Waals surface area contributed by atoms with Crippen molar-refractivity contribution in [3.8, 4) is 16.9 Å². The molecule has 0 fully saturated rings. The summed E-state index contributed by atoms with van der Waals surface area (Å²) in [7, 11) is 1.58. The van der Waals surface area contributed by atoms with E-state index in [0.29, 0.717) is 40.2 Å². The first kappa shape index (κ1) is 21.6. The van der Waals surface area contributed by atoms with Gasteiger partial charge < -0.3 is 13.7 Å². The quantitative estimate of drug-likeness (QED) is 0.328. The normalized spacial score (nSPS) is 11.4. The van der Waals surface area contributed by atoms with Crippen molar-refractivity contribution >= 4 is 27.8 Å². The molecule has 0 saturated heterocycles. The van der Waals surface area contributed by atoms with Gasteiger partial charge >= 0.3 is 5.76 Å². The lowest BCUT2D eigenvalue weighted by atomic mass is 9.99. The van der Waals surface area contributed by atoms with Gasteiger partial charge in [-0.15, -0.1) is 0 Å². The standard InChI is InChI=1S/C26H23N3O5/c1-5-20(30)23-25-24(29(26(31)33-25)13-16-9-7-6-8-10-16)17-12-21(32-4)18(11-19(17)27-23)22-14(2)28-34-15(22)3/h6-12H,5,13H2,1-4H3. The van der Waals surface area contributed by atoms with Gasteiger partial charge in [0.15, 0.2) is 17.1 Å². The first-order valence-electron chi connectivity index (χ1n) is 11.0. The Kier molecular flexibility index (Phi) is 5.28. The molecule has 3 heterocycles. The molecule has 0 aliphatic carbocycles. The first-order valence-corrected chi connectivity index (χ1v) is 11.0. The molecule has 2 aromatic carbocycles. The molecule has 0 bridgehead atoms. The highest BCUT2D eigenvalue weighted by atomic mass is 16.5. The molecule has 0 spiro atoms. The summed E-state index contributed by atoms with van der Waals surface area (Å²) in [6.45, 7) is 5.73. The lowest BCUT2D eigenvalue weighted by Gasteiger charge is -2.12. The van der Waals surface area contributed by atoms with Crippen molar-refractivity contribution in [1.29, 1.82) is 0 Å². The van der Waals surface area contributed by atoms with Gasteiger partial charge in [0, 0.05) is 17.4 Å². The average molecular weight is 457 g/mol. The minimum atomic E-state index is -0.549. The number of nitrogens with zero attached hydrogens (tertiary/aromatic N) is 3. The van der Waals surface area contributed by atoms with Gasteiger partial charge in [-0.3, -0.25) is 9.36 Å². The zero-order valence-corrected chi connectivity index (χ0v) is 19.3. The summed E-state index contributed by atoms with van der Waals surface area (Å²) in [5, 5.41) is 4.71. The Bertz CT molecular complexity index is 1590. The predicted octanol–water partition coefficient (Wildman–Crippen LogP) is 5.06. The van der Waals surface area contributed by atoms with Gasteiger partial charge in [0.25, 0.3) is 0 Å². The SMILES string of the molecule is CCC(=O)c1nc2cc(-c3c(C)noc3C)c(OC)cc2c2c1oc(=O)n2Cc1ccccc1. The summed E-state index contributed by atoms with van der Waals surface area (Å²) in [6.07, 6.45) is 0.230. The van der Waals surface area contributed by atoms with Crippen LogP contribution in [-0.2, 0) is 6.54 Å². The molecule has 3 aromatic heterocycles. The van der Waals surface area contributed by atoms with E-state index in [2.05, 4.69) is 10.1 Å². The number of ketones is 1. The van der Waals surface area contributed by atoms with E-state index in [0.717, 1.165) is 16.7 Å². The number of Topliss-reactive ketones (excluding diaryl/α,β-unsaturated/α-hetero) is 1. The van der Waals surface area contributed by atoms with E-state index in [1.165, 1.54) is 4.57 Å². The minimum Gasteiger partial charge on any atom is -0.496 e. The van der Waals surface area contributed by atoms with E-state index in [1.807, 2.05) is 56.3 Å². The van der Waals surface area contributed by atoms with Gasteiger partial charge in [-0.25, -0.2) is 9.78 Å². The number of ether oxygens (including phenoxy) is 1. The average Bonchev–Trinajstić information content (AvgIpc) is 3.35. The molecule has 0 unspecified atom stereocenters. The highest BCUT2D eigenvalue weighted by Crippen LogP contribution is 2.39. The van der Waals surface area contributed by atoms with Gasteiger partial charge in [0.1, 0.15) is 17.0 Å². The molecule has 0 amide bonds. The summed E-state index contributed by atoms with van der Waals surface area (Å²) >= 11 is 0. The highest BCUT2D eigenvalue weighted by molar-refractivity contribution is 6.12. The third-order valence-electron chi connectivity index (χ3n) is 5.99. The van der Waals surface area contributed by atoms with Gasteiger partial charge in [-0.05, 0) is 31.5 Å². The van der Waals surface area contributed by atoms with E-state index >= 15 is 0 Å². The van der Waals surface area contributed by atoms with Crippen LogP contribution in [0.15, 0.2) is 56.2 Å². The number of carbonyl (C=O) groups is 1. The largest absolute Gasteiger partial charge is 0.496 e. The molecule has 5 rings (SSSR count). The summed E-state index contributed by atoms with van der Waals surface area (Å²) < 4.78 is 18.2. The van der Waals surface area contributed by atoms with Crippen molar-refractivity contribution in [1.82, 2.24) is 14.7 Å².